The van der Waals surface area contributed by atoms with Gasteiger partial charge in [-0.05, 0) is 68.1 Å². The maximum atomic E-state index is 14.6. The van der Waals surface area contributed by atoms with E-state index in [4.69, 9.17) is 11.5 Å². The van der Waals surface area contributed by atoms with Crippen molar-refractivity contribution in [3.05, 3.63) is 71.9 Å². The Bertz CT molecular complexity index is 2170. The molecule has 0 spiro atoms. The molecular weight excluding hydrogens is 831 g/mol. The smallest absolute Gasteiger partial charge is 0.245 e. The molecule has 11 N–H and O–H groups in total. The number of aromatic amines is 1. The normalized spacial score (nSPS) is 23.4. The van der Waals surface area contributed by atoms with Crippen molar-refractivity contribution in [2.75, 3.05) is 19.6 Å². The van der Waals surface area contributed by atoms with E-state index in [-0.39, 0.29) is 63.6 Å². The largest absolute Gasteiger partial charge is 0.370 e. The van der Waals surface area contributed by atoms with E-state index >= 15 is 0 Å². The molecule has 1 saturated carbocycles. The summed E-state index contributed by atoms with van der Waals surface area (Å²) in [6.07, 6.45) is 8.88. The van der Waals surface area contributed by atoms with Gasteiger partial charge in [0.2, 0.25) is 41.4 Å². The van der Waals surface area contributed by atoms with Gasteiger partial charge in [0.05, 0.1) is 0 Å². The Morgan fingerprint density at radius 3 is 2.26 bits per heavy atom. The van der Waals surface area contributed by atoms with Gasteiger partial charge < -0.3 is 53.3 Å². The molecule has 3 aliphatic rings. The molecule has 4 unspecified atom stereocenters. The molecule has 18 heteroatoms. The topological polar surface area (TPSA) is 275 Å². The zero-order valence-electron chi connectivity index (χ0n) is 37.2. The number of hydrogen-bond acceptors (Lipinski definition) is 8. The van der Waals surface area contributed by atoms with Gasteiger partial charge in [0, 0.05) is 56.5 Å². The predicted octanol–water partition coefficient (Wildman–Crippen LogP) is 1.32. The second-order valence-corrected chi connectivity index (χ2v) is 17.6. The lowest BCUT2D eigenvalue weighted by Crippen LogP contribution is -2.60. The number of H-pyrrole nitrogens is 1. The first kappa shape index (κ1) is 48.0. The average Bonchev–Trinajstić information content (AvgIpc) is 3.95. The minimum absolute atomic E-state index is 0.0696. The lowest BCUT2D eigenvalue weighted by atomic mass is 9.84. The van der Waals surface area contributed by atoms with Crippen molar-refractivity contribution >= 4 is 58.2 Å². The first-order chi connectivity index (χ1) is 31.4. The van der Waals surface area contributed by atoms with Crippen molar-refractivity contribution in [3.63, 3.8) is 0 Å². The maximum absolute atomic E-state index is 14.6. The second-order valence-electron chi connectivity index (χ2n) is 17.6. The fraction of sp³-hybridized carbons (Fsp3) is 0.532. The van der Waals surface area contributed by atoms with Gasteiger partial charge in [0.15, 0.2) is 5.96 Å². The van der Waals surface area contributed by atoms with Crippen LogP contribution in [-0.4, -0.2) is 113 Å². The van der Waals surface area contributed by atoms with Crippen molar-refractivity contribution in [1.82, 2.24) is 41.8 Å². The molecule has 3 aromatic rings. The number of carbonyl (C=O) groups excluding carboxylic acids is 7. The lowest BCUT2D eigenvalue weighted by molar-refractivity contribution is -0.142. The number of guanidine groups is 1. The van der Waals surface area contributed by atoms with E-state index < -0.39 is 77.6 Å². The number of nitrogens with zero attached hydrogens (tertiary/aromatic N) is 2. The van der Waals surface area contributed by atoms with Crippen LogP contribution < -0.4 is 43.4 Å². The summed E-state index contributed by atoms with van der Waals surface area (Å²) in [4.78, 5) is 107. The molecular formula is C47H65N11O7. The molecule has 1 aromatic heterocycles. The summed E-state index contributed by atoms with van der Waals surface area (Å²) < 4.78 is 0. The fourth-order valence-electron chi connectivity index (χ4n) is 9.28. The van der Waals surface area contributed by atoms with Crippen LogP contribution in [0.5, 0.6) is 0 Å². The van der Waals surface area contributed by atoms with Gasteiger partial charge in [-0.3, -0.25) is 38.6 Å². The number of para-hydroxylation sites is 1. The fourth-order valence-corrected chi connectivity index (χ4v) is 9.28. The summed E-state index contributed by atoms with van der Waals surface area (Å²) in [6.45, 7) is 1.82. The number of fused-ring (bicyclic) bond motifs is 2. The van der Waals surface area contributed by atoms with E-state index in [1.807, 2.05) is 54.6 Å². The summed E-state index contributed by atoms with van der Waals surface area (Å²) in [5, 5.41) is 18.2. The molecule has 0 bridgehead atoms. The maximum Gasteiger partial charge on any atom is 0.245 e. The number of rotatable bonds is 13. The number of amides is 7. The van der Waals surface area contributed by atoms with Crippen molar-refractivity contribution in [1.29, 1.82) is 0 Å². The summed E-state index contributed by atoms with van der Waals surface area (Å²) in [7, 11) is 0. The molecule has 3 fully saturated rings. The van der Waals surface area contributed by atoms with Gasteiger partial charge in [0.1, 0.15) is 36.3 Å². The Morgan fingerprint density at radius 1 is 0.800 bits per heavy atom. The highest BCUT2D eigenvalue weighted by Crippen LogP contribution is 2.28. The second kappa shape index (κ2) is 23.5. The standard InChI is InChI=1S/C47H65N11O7/c1-29(59)53-37(25-30-13-4-2-5-14-30)42(61)55-36-20-11-22-50-41(60)35(19-10-23-51-47(48)49)54-44(63)39(27-32-28-52-34-18-9-8-17-33(32)34)56-43(62)38(26-31-15-6-3-7-16-31)57-45(64)40-21-12-24-58(40)46(36)65/h2,4-5,8-9,13-14,17-18,28,31,35-40,52H,3,6-7,10-12,15-16,19-27H2,1H3,(H,50,60)(H,53,59)(H,54,63)(H,55,61)(H,56,62)(H,57,64)(H4,48,49,51)/t35?,36?,37-,38+,39?,40?/m0/s1. The van der Waals surface area contributed by atoms with E-state index in [1.54, 1.807) is 6.20 Å². The van der Waals surface area contributed by atoms with Gasteiger partial charge in [-0.15, -0.1) is 0 Å². The van der Waals surface area contributed by atoms with Gasteiger partial charge in [0.25, 0.3) is 0 Å². The Kier molecular flexibility index (Phi) is 17.3. The van der Waals surface area contributed by atoms with E-state index in [0.29, 0.717) is 25.7 Å². The average molecular weight is 896 g/mol. The van der Waals surface area contributed by atoms with Crippen molar-refractivity contribution < 1.29 is 33.6 Å². The molecule has 2 aromatic carbocycles. The number of benzene rings is 2. The van der Waals surface area contributed by atoms with Crippen LogP contribution in [0.1, 0.15) is 95.1 Å². The van der Waals surface area contributed by atoms with Gasteiger partial charge in [-0.1, -0.05) is 80.6 Å². The van der Waals surface area contributed by atoms with Crippen LogP contribution in [0.2, 0.25) is 0 Å². The molecule has 0 radical (unpaired) electrons. The van der Waals surface area contributed by atoms with Crippen LogP contribution in [0.25, 0.3) is 10.9 Å². The third kappa shape index (κ3) is 13.8. The minimum Gasteiger partial charge on any atom is -0.370 e. The molecule has 3 heterocycles. The molecule has 350 valence electrons. The van der Waals surface area contributed by atoms with Crippen LogP contribution >= 0.6 is 0 Å². The molecule has 6 rings (SSSR count). The van der Waals surface area contributed by atoms with Crippen LogP contribution in [0, 0.1) is 5.92 Å². The lowest BCUT2D eigenvalue weighted by Gasteiger charge is -2.32. The molecule has 2 saturated heterocycles. The van der Waals surface area contributed by atoms with Crippen LogP contribution in [0.15, 0.2) is 65.8 Å². The van der Waals surface area contributed by atoms with Crippen LogP contribution in [0.3, 0.4) is 0 Å². The summed E-state index contributed by atoms with van der Waals surface area (Å²) >= 11 is 0. The van der Waals surface area contributed by atoms with E-state index in [1.165, 1.54) is 11.8 Å². The van der Waals surface area contributed by atoms with E-state index in [2.05, 4.69) is 41.9 Å². The van der Waals surface area contributed by atoms with Gasteiger partial charge >= 0.3 is 0 Å². The predicted molar refractivity (Wildman–Crippen MR) is 246 cm³/mol. The summed E-state index contributed by atoms with van der Waals surface area (Å²) in [6, 6.07) is 10.5. The highest BCUT2D eigenvalue weighted by atomic mass is 16.2. The number of aromatic nitrogens is 1. The number of hydrogen-bond donors (Lipinski definition) is 9. The Labute approximate surface area is 379 Å². The number of carbonyl (C=O) groups is 7. The van der Waals surface area contributed by atoms with Crippen molar-refractivity contribution in [2.45, 2.75) is 133 Å². The van der Waals surface area contributed by atoms with Gasteiger partial charge in [-0.25, -0.2) is 0 Å². The zero-order valence-corrected chi connectivity index (χ0v) is 37.2. The molecule has 6 atom stereocenters. The summed E-state index contributed by atoms with van der Waals surface area (Å²) in [5.74, 6) is -3.59. The third-order valence-corrected chi connectivity index (χ3v) is 12.6. The third-order valence-electron chi connectivity index (χ3n) is 12.6. The van der Waals surface area contributed by atoms with E-state index in [0.717, 1.165) is 54.1 Å². The first-order valence-corrected chi connectivity index (χ1v) is 23.1. The quantitative estimate of drug-likeness (QED) is 0.0679. The molecule has 7 amide bonds. The van der Waals surface area contributed by atoms with E-state index in [9.17, 15) is 33.6 Å². The SMILES string of the molecule is CC(=O)N[C@@H](Cc1ccccc1)C(=O)NC1CCCNC(=O)C(CCCN=C(N)N)NC(=O)C(Cc2c[nH]c3ccccc23)NC(=O)[C@@H](CC2CCCCC2)NC(=O)C2CCCN2C1=O. The molecule has 18 nitrogen and oxygen atoms in total. The highest BCUT2D eigenvalue weighted by molar-refractivity contribution is 5.98. The first-order valence-electron chi connectivity index (χ1n) is 23.1. The molecule has 2 aliphatic heterocycles. The number of aliphatic imine (C=N–C) groups is 1. The summed E-state index contributed by atoms with van der Waals surface area (Å²) in [5.41, 5.74) is 13.5. The minimum atomic E-state index is -1.14. The molecule has 1 aliphatic carbocycles. The van der Waals surface area contributed by atoms with Crippen molar-refractivity contribution in [3.8, 4) is 0 Å². The monoisotopic (exact) mass is 896 g/mol. The zero-order chi connectivity index (χ0) is 46.3. The van der Waals surface area contributed by atoms with Gasteiger partial charge in [-0.2, -0.15) is 0 Å². The Hall–Kier alpha value is -6.46. The Morgan fingerprint density at radius 2 is 1.51 bits per heavy atom. The van der Waals surface area contributed by atoms with Crippen LogP contribution in [0.4, 0.5) is 0 Å². The molecule has 65 heavy (non-hydrogen) atoms. The van der Waals surface area contributed by atoms with Crippen LogP contribution in [-0.2, 0) is 46.4 Å². The number of nitrogens with one attached hydrogen (secondary N) is 7. The number of nitrogens with two attached hydrogens (primary N) is 2. The highest BCUT2D eigenvalue weighted by Gasteiger charge is 2.40. The van der Waals surface area contributed by atoms with Crippen molar-refractivity contribution in [2.24, 2.45) is 22.4 Å². The Balaban J connectivity index is 1.31.